The molecule has 4 saturated carbocycles. The van der Waals surface area contributed by atoms with Gasteiger partial charge in [-0.05, 0) is 56.3 Å². The summed E-state index contributed by atoms with van der Waals surface area (Å²) in [5.74, 6) is 2.65. The number of anilines is 1. The standard InChI is InChI=1S/C22H31N5O4/c1-25-18-17(19(29)26(2)21(25)30)27(20(24-18)23-4-5-31-3)12-16(28)22-9-13-6-14(10-22)8-15(7-13)11-22/h13-15H,4-12H2,1-3H3,(H,23,24). The second kappa shape index (κ2) is 7.32. The molecule has 4 fully saturated rings. The SMILES string of the molecule is COCCNc1nc2c(c(=O)n(C)c(=O)n2C)n1CC(=O)C12CC3CC(CC(C3)C1)C2. The van der Waals surface area contributed by atoms with Crippen molar-refractivity contribution in [3.05, 3.63) is 20.8 Å². The van der Waals surface area contributed by atoms with Crippen molar-refractivity contribution in [2.75, 3.05) is 25.6 Å². The first-order chi connectivity index (χ1) is 14.8. The molecule has 0 amide bonds. The van der Waals surface area contributed by atoms with Gasteiger partial charge in [-0.15, -0.1) is 0 Å². The molecule has 2 heterocycles. The van der Waals surface area contributed by atoms with Crippen molar-refractivity contribution in [2.45, 2.75) is 45.1 Å². The summed E-state index contributed by atoms with van der Waals surface area (Å²) in [4.78, 5) is 43.7. The van der Waals surface area contributed by atoms with E-state index in [0.717, 1.165) is 23.8 Å². The third-order valence-electron chi connectivity index (χ3n) is 7.87. The number of imidazole rings is 1. The molecule has 1 N–H and O–H groups in total. The lowest BCUT2D eigenvalue weighted by Crippen LogP contribution is -2.51. The van der Waals surface area contributed by atoms with E-state index in [1.54, 1.807) is 18.7 Å². The number of aromatic nitrogens is 4. The van der Waals surface area contributed by atoms with Crippen molar-refractivity contribution < 1.29 is 9.53 Å². The molecule has 2 aromatic heterocycles. The second-order valence-corrected chi connectivity index (χ2v) is 9.94. The summed E-state index contributed by atoms with van der Waals surface area (Å²) in [6.45, 7) is 1.05. The number of hydrogen-bond donors (Lipinski definition) is 1. The maximum Gasteiger partial charge on any atom is 0.332 e. The van der Waals surface area contributed by atoms with E-state index in [1.807, 2.05) is 0 Å². The van der Waals surface area contributed by atoms with Crippen LogP contribution in [0, 0.1) is 23.2 Å². The summed E-state index contributed by atoms with van der Waals surface area (Å²) in [6.07, 6.45) is 6.75. The van der Waals surface area contributed by atoms with E-state index in [9.17, 15) is 14.4 Å². The third-order valence-corrected chi connectivity index (χ3v) is 7.87. The lowest BCUT2D eigenvalue weighted by Gasteiger charge is -2.56. The monoisotopic (exact) mass is 429 g/mol. The van der Waals surface area contributed by atoms with Crippen LogP contribution in [-0.2, 0) is 30.2 Å². The van der Waals surface area contributed by atoms with Crippen LogP contribution >= 0.6 is 0 Å². The number of nitrogens with one attached hydrogen (secondary N) is 1. The zero-order valence-corrected chi connectivity index (χ0v) is 18.5. The zero-order valence-electron chi connectivity index (χ0n) is 18.5. The van der Waals surface area contributed by atoms with Crippen LogP contribution in [-0.4, -0.2) is 44.7 Å². The summed E-state index contributed by atoms with van der Waals surface area (Å²) in [6, 6.07) is 0. The molecule has 0 spiro atoms. The number of ketones is 1. The molecule has 6 rings (SSSR count). The Morgan fingerprint density at radius 3 is 2.29 bits per heavy atom. The molecule has 168 valence electrons. The summed E-state index contributed by atoms with van der Waals surface area (Å²) in [5, 5.41) is 3.19. The van der Waals surface area contributed by atoms with Gasteiger partial charge < -0.3 is 10.1 Å². The van der Waals surface area contributed by atoms with Crippen molar-refractivity contribution in [3.8, 4) is 0 Å². The Bertz CT molecular complexity index is 1120. The fraction of sp³-hybridized carbons (Fsp3) is 0.727. The average Bonchev–Trinajstić information content (AvgIpc) is 3.08. The van der Waals surface area contributed by atoms with Gasteiger partial charge in [-0.3, -0.25) is 23.3 Å². The highest BCUT2D eigenvalue weighted by molar-refractivity contribution is 5.87. The molecule has 9 nitrogen and oxygen atoms in total. The maximum atomic E-state index is 13.8. The topological polar surface area (TPSA) is 100 Å². The minimum Gasteiger partial charge on any atom is -0.383 e. The smallest absolute Gasteiger partial charge is 0.332 e. The number of fused-ring (bicyclic) bond motifs is 1. The number of methoxy groups -OCH3 is 1. The van der Waals surface area contributed by atoms with Crippen LogP contribution < -0.4 is 16.6 Å². The summed E-state index contributed by atoms with van der Waals surface area (Å²) in [7, 11) is 4.67. The van der Waals surface area contributed by atoms with Crippen LogP contribution in [0.3, 0.4) is 0 Å². The van der Waals surface area contributed by atoms with Crippen LogP contribution in [0.4, 0.5) is 5.95 Å². The Kier molecular flexibility index (Phi) is 4.84. The van der Waals surface area contributed by atoms with Crippen molar-refractivity contribution in [1.82, 2.24) is 18.7 Å². The molecule has 4 aliphatic rings. The van der Waals surface area contributed by atoms with E-state index in [0.29, 0.717) is 48.0 Å². The Hall–Kier alpha value is -2.42. The Labute approximate surface area is 180 Å². The molecular formula is C22H31N5O4. The van der Waals surface area contributed by atoms with Gasteiger partial charge in [0.2, 0.25) is 5.95 Å². The zero-order chi connectivity index (χ0) is 21.9. The number of nitrogens with zero attached hydrogens (tertiary/aromatic N) is 4. The number of carbonyl (C=O) groups is 1. The Balaban J connectivity index is 1.56. The predicted octanol–water partition coefficient (Wildman–Crippen LogP) is 1.28. The molecule has 4 bridgehead atoms. The van der Waals surface area contributed by atoms with Crippen LogP contribution in [0.25, 0.3) is 11.2 Å². The predicted molar refractivity (Wildman–Crippen MR) is 116 cm³/mol. The highest BCUT2D eigenvalue weighted by atomic mass is 16.5. The number of ether oxygens (including phenoxy) is 1. The average molecular weight is 430 g/mol. The van der Waals surface area contributed by atoms with Gasteiger partial charge in [0.1, 0.15) is 0 Å². The van der Waals surface area contributed by atoms with Gasteiger partial charge in [-0.1, -0.05) is 0 Å². The highest BCUT2D eigenvalue weighted by Gasteiger charge is 2.54. The molecule has 31 heavy (non-hydrogen) atoms. The molecule has 4 aliphatic carbocycles. The second-order valence-electron chi connectivity index (χ2n) is 9.94. The third kappa shape index (κ3) is 3.16. The van der Waals surface area contributed by atoms with Gasteiger partial charge in [0.25, 0.3) is 5.56 Å². The minimum absolute atomic E-state index is 0.103. The van der Waals surface area contributed by atoms with E-state index in [1.165, 1.54) is 30.9 Å². The van der Waals surface area contributed by atoms with E-state index < -0.39 is 11.2 Å². The first-order valence-electron chi connectivity index (χ1n) is 11.3. The van der Waals surface area contributed by atoms with Crippen molar-refractivity contribution in [2.24, 2.45) is 37.3 Å². The summed E-state index contributed by atoms with van der Waals surface area (Å²) >= 11 is 0. The minimum atomic E-state index is -0.432. The Morgan fingerprint density at radius 2 is 1.71 bits per heavy atom. The normalized spacial score (nSPS) is 29.1. The molecule has 0 radical (unpaired) electrons. The van der Waals surface area contributed by atoms with Gasteiger partial charge in [0, 0.05) is 33.2 Å². The number of carbonyl (C=O) groups excluding carboxylic acids is 1. The molecule has 0 aliphatic heterocycles. The van der Waals surface area contributed by atoms with Gasteiger partial charge in [0.05, 0.1) is 13.2 Å². The molecule has 0 atom stereocenters. The van der Waals surface area contributed by atoms with Crippen LogP contribution in [0.5, 0.6) is 0 Å². The summed E-state index contributed by atoms with van der Waals surface area (Å²) < 4.78 is 9.25. The highest BCUT2D eigenvalue weighted by Crippen LogP contribution is 2.60. The van der Waals surface area contributed by atoms with Crippen LogP contribution in [0.1, 0.15) is 38.5 Å². The number of Topliss-reactive ketones (excluding diaryl/α,β-unsaturated/α-hetero) is 1. The van der Waals surface area contributed by atoms with Gasteiger partial charge in [-0.25, -0.2) is 4.79 Å². The van der Waals surface area contributed by atoms with Crippen molar-refractivity contribution in [1.29, 1.82) is 0 Å². The Morgan fingerprint density at radius 1 is 1.10 bits per heavy atom. The first-order valence-corrected chi connectivity index (χ1v) is 11.3. The van der Waals surface area contributed by atoms with E-state index in [2.05, 4.69) is 10.3 Å². The largest absolute Gasteiger partial charge is 0.383 e. The number of aryl methyl sites for hydroxylation is 1. The number of rotatable bonds is 7. The lowest BCUT2D eigenvalue weighted by molar-refractivity contribution is -0.144. The van der Waals surface area contributed by atoms with E-state index in [-0.39, 0.29) is 17.7 Å². The number of hydrogen-bond acceptors (Lipinski definition) is 6. The van der Waals surface area contributed by atoms with Crippen molar-refractivity contribution in [3.63, 3.8) is 0 Å². The van der Waals surface area contributed by atoms with Crippen LogP contribution in [0.2, 0.25) is 0 Å². The quantitative estimate of drug-likeness (QED) is 0.666. The molecule has 9 heteroatoms. The van der Waals surface area contributed by atoms with Gasteiger partial charge in [-0.2, -0.15) is 4.98 Å². The van der Waals surface area contributed by atoms with E-state index >= 15 is 0 Å². The molecular weight excluding hydrogens is 398 g/mol. The van der Waals surface area contributed by atoms with Gasteiger partial charge >= 0.3 is 5.69 Å². The van der Waals surface area contributed by atoms with Gasteiger partial charge in [0.15, 0.2) is 16.9 Å². The van der Waals surface area contributed by atoms with Crippen LogP contribution in [0.15, 0.2) is 9.59 Å². The summed E-state index contributed by atoms with van der Waals surface area (Å²) in [5.41, 5.74) is -0.531. The lowest BCUT2D eigenvalue weighted by atomic mass is 9.48. The first kappa shape index (κ1) is 20.5. The maximum absolute atomic E-state index is 13.8. The molecule has 2 aromatic rings. The molecule has 0 saturated heterocycles. The fourth-order valence-corrected chi connectivity index (χ4v) is 6.76. The molecule has 0 unspecified atom stereocenters. The molecule has 0 aromatic carbocycles. The van der Waals surface area contributed by atoms with E-state index in [4.69, 9.17) is 4.74 Å². The fourth-order valence-electron chi connectivity index (χ4n) is 6.76. The van der Waals surface area contributed by atoms with Crippen molar-refractivity contribution >= 4 is 22.9 Å².